The van der Waals surface area contributed by atoms with Crippen LogP contribution < -0.4 is 4.74 Å². The molecule has 1 atom stereocenters. The van der Waals surface area contributed by atoms with Crippen LogP contribution in [0.15, 0.2) is 42.1 Å². The number of aliphatic hydroxyl groups is 1. The molecule has 0 fully saturated rings. The number of oxime groups is 1. The Labute approximate surface area is 141 Å². The van der Waals surface area contributed by atoms with Crippen molar-refractivity contribution in [3.8, 4) is 5.75 Å². The van der Waals surface area contributed by atoms with Gasteiger partial charge in [-0.2, -0.15) is 5.10 Å². The standard InChI is InChI=1S/C17H24N4O3/c1-16(2,3)17(22,10-21-13-18-12-19-21)11-24-15-7-5-14(6-8-15)9-20-23-4/h5-9,12-13,22H,10-11H2,1-4H3/b20-9-. The second-order valence-electron chi connectivity index (χ2n) is 6.65. The van der Waals surface area contributed by atoms with Crippen molar-refractivity contribution in [3.05, 3.63) is 42.5 Å². The molecule has 7 nitrogen and oxygen atoms in total. The van der Waals surface area contributed by atoms with E-state index in [1.807, 2.05) is 45.0 Å². The normalized spacial score (nSPS) is 14.5. The van der Waals surface area contributed by atoms with Crippen LogP contribution in [0, 0.1) is 5.41 Å². The molecule has 24 heavy (non-hydrogen) atoms. The first-order valence-corrected chi connectivity index (χ1v) is 7.68. The van der Waals surface area contributed by atoms with Gasteiger partial charge in [-0.25, -0.2) is 9.67 Å². The van der Waals surface area contributed by atoms with Gasteiger partial charge in [0.25, 0.3) is 0 Å². The fourth-order valence-electron chi connectivity index (χ4n) is 2.05. The number of nitrogens with zero attached hydrogens (tertiary/aromatic N) is 4. The Balaban J connectivity index is 2.06. The zero-order valence-corrected chi connectivity index (χ0v) is 14.5. The number of ether oxygens (including phenoxy) is 1. The summed E-state index contributed by atoms with van der Waals surface area (Å²) in [5, 5.41) is 18.9. The molecule has 0 amide bonds. The zero-order chi connectivity index (χ0) is 17.6. The molecule has 0 aliphatic rings. The van der Waals surface area contributed by atoms with E-state index in [1.165, 1.54) is 13.4 Å². The average Bonchev–Trinajstić information content (AvgIpc) is 3.03. The fourth-order valence-corrected chi connectivity index (χ4v) is 2.05. The molecule has 0 saturated carbocycles. The van der Waals surface area contributed by atoms with Crippen LogP contribution in [0.2, 0.25) is 0 Å². The van der Waals surface area contributed by atoms with Gasteiger partial charge in [0.05, 0.1) is 12.8 Å². The second kappa shape index (κ2) is 7.44. The van der Waals surface area contributed by atoms with Crippen molar-refractivity contribution in [1.29, 1.82) is 0 Å². The maximum absolute atomic E-state index is 11.1. The molecule has 2 rings (SSSR count). The third kappa shape index (κ3) is 4.55. The Kier molecular flexibility index (Phi) is 5.56. The Morgan fingerprint density at radius 2 is 1.96 bits per heavy atom. The van der Waals surface area contributed by atoms with Crippen molar-refractivity contribution < 1.29 is 14.7 Å². The average molecular weight is 332 g/mol. The minimum absolute atomic E-state index is 0.141. The first-order valence-electron chi connectivity index (χ1n) is 7.68. The van der Waals surface area contributed by atoms with E-state index in [0.717, 1.165) is 5.56 Å². The van der Waals surface area contributed by atoms with Gasteiger partial charge in [-0.15, -0.1) is 0 Å². The highest BCUT2D eigenvalue weighted by Crippen LogP contribution is 2.32. The fraction of sp³-hybridized carbons (Fsp3) is 0.471. The van der Waals surface area contributed by atoms with Crippen molar-refractivity contribution in [2.45, 2.75) is 32.9 Å². The quantitative estimate of drug-likeness (QED) is 0.620. The highest BCUT2D eigenvalue weighted by Gasteiger charge is 2.41. The Morgan fingerprint density at radius 1 is 1.25 bits per heavy atom. The molecule has 130 valence electrons. The highest BCUT2D eigenvalue weighted by atomic mass is 16.6. The number of aromatic nitrogens is 3. The van der Waals surface area contributed by atoms with Crippen molar-refractivity contribution in [2.75, 3.05) is 13.7 Å². The molecular weight excluding hydrogens is 308 g/mol. The summed E-state index contributed by atoms with van der Waals surface area (Å²) in [7, 11) is 1.50. The predicted molar refractivity (Wildman–Crippen MR) is 91.0 cm³/mol. The summed E-state index contributed by atoms with van der Waals surface area (Å²) in [4.78, 5) is 8.57. The molecular formula is C17H24N4O3. The highest BCUT2D eigenvalue weighted by molar-refractivity contribution is 5.79. The lowest BCUT2D eigenvalue weighted by molar-refractivity contribution is -0.101. The van der Waals surface area contributed by atoms with Crippen molar-refractivity contribution in [1.82, 2.24) is 14.8 Å². The number of hydrogen-bond acceptors (Lipinski definition) is 6. The summed E-state index contributed by atoms with van der Waals surface area (Å²) in [6.07, 6.45) is 4.64. The van der Waals surface area contributed by atoms with E-state index in [4.69, 9.17) is 4.74 Å². The van der Waals surface area contributed by atoms with Crippen LogP contribution in [-0.4, -0.2) is 45.4 Å². The van der Waals surface area contributed by atoms with E-state index < -0.39 is 11.0 Å². The maximum atomic E-state index is 11.1. The van der Waals surface area contributed by atoms with Crippen LogP contribution in [0.3, 0.4) is 0 Å². The molecule has 2 aromatic rings. The van der Waals surface area contributed by atoms with Crippen LogP contribution in [-0.2, 0) is 11.4 Å². The molecule has 0 aliphatic carbocycles. The molecule has 0 bridgehead atoms. The molecule has 0 saturated heterocycles. The topological polar surface area (TPSA) is 81.8 Å². The van der Waals surface area contributed by atoms with E-state index in [0.29, 0.717) is 12.3 Å². The molecule has 1 N–H and O–H groups in total. The summed E-state index contributed by atoms with van der Waals surface area (Å²) < 4.78 is 7.43. The molecule has 0 aliphatic heterocycles. The Bertz CT molecular complexity index is 647. The van der Waals surface area contributed by atoms with Gasteiger partial charge in [-0.3, -0.25) is 0 Å². The second-order valence-corrected chi connectivity index (χ2v) is 6.65. The van der Waals surface area contributed by atoms with Crippen LogP contribution in [0.1, 0.15) is 26.3 Å². The van der Waals surface area contributed by atoms with Gasteiger partial charge in [0.1, 0.15) is 37.7 Å². The third-order valence-corrected chi connectivity index (χ3v) is 3.95. The van der Waals surface area contributed by atoms with Crippen molar-refractivity contribution in [3.63, 3.8) is 0 Å². The lowest BCUT2D eigenvalue weighted by Crippen LogP contribution is -2.51. The summed E-state index contributed by atoms with van der Waals surface area (Å²) in [6.45, 7) is 6.35. The van der Waals surface area contributed by atoms with Gasteiger partial charge in [0, 0.05) is 0 Å². The summed E-state index contributed by atoms with van der Waals surface area (Å²) >= 11 is 0. The van der Waals surface area contributed by atoms with E-state index in [1.54, 1.807) is 17.2 Å². The van der Waals surface area contributed by atoms with Crippen molar-refractivity contribution >= 4 is 6.21 Å². The lowest BCUT2D eigenvalue weighted by Gasteiger charge is -2.39. The SMILES string of the molecule is CO/N=C\c1ccc(OCC(O)(Cn2cncn2)C(C)(C)C)cc1. The van der Waals surface area contributed by atoms with E-state index in [-0.39, 0.29) is 6.61 Å². The summed E-state index contributed by atoms with van der Waals surface area (Å²) in [5.74, 6) is 0.672. The number of rotatable bonds is 7. The van der Waals surface area contributed by atoms with Gasteiger partial charge in [0.2, 0.25) is 0 Å². The maximum Gasteiger partial charge on any atom is 0.137 e. The van der Waals surface area contributed by atoms with E-state index >= 15 is 0 Å². The number of benzene rings is 1. The Hall–Kier alpha value is -2.41. The third-order valence-electron chi connectivity index (χ3n) is 3.95. The van der Waals surface area contributed by atoms with Crippen LogP contribution in [0.5, 0.6) is 5.75 Å². The molecule has 1 aromatic heterocycles. The molecule has 0 spiro atoms. The van der Waals surface area contributed by atoms with Crippen molar-refractivity contribution in [2.24, 2.45) is 10.6 Å². The largest absolute Gasteiger partial charge is 0.490 e. The molecule has 0 radical (unpaired) electrons. The minimum Gasteiger partial charge on any atom is -0.490 e. The monoisotopic (exact) mass is 332 g/mol. The molecule has 1 aromatic carbocycles. The minimum atomic E-state index is -1.10. The molecule has 1 heterocycles. The smallest absolute Gasteiger partial charge is 0.137 e. The van der Waals surface area contributed by atoms with Gasteiger partial charge in [0.15, 0.2) is 0 Å². The first kappa shape index (κ1) is 17.9. The summed E-state index contributed by atoms with van der Waals surface area (Å²) in [5.41, 5.74) is -0.598. The van der Waals surface area contributed by atoms with Gasteiger partial charge >= 0.3 is 0 Å². The Morgan fingerprint density at radius 3 is 2.50 bits per heavy atom. The van der Waals surface area contributed by atoms with Crippen LogP contribution >= 0.6 is 0 Å². The predicted octanol–water partition coefficient (Wildman–Crippen LogP) is 2.11. The van der Waals surface area contributed by atoms with Gasteiger partial charge < -0.3 is 14.7 Å². The first-order chi connectivity index (χ1) is 11.3. The van der Waals surface area contributed by atoms with E-state index in [9.17, 15) is 5.11 Å². The van der Waals surface area contributed by atoms with E-state index in [2.05, 4.69) is 20.1 Å². The van der Waals surface area contributed by atoms with Gasteiger partial charge in [-0.1, -0.05) is 25.9 Å². The molecule has 1 unspecified atom stereocenters. The van der Waals surface area contributed by atoms with Gasteiger partial charge in [-0.05, 0) is 35.2 Å². The van der Waals surface area contributed by atoms with Crippen LogP contribution in [0.4, 0.5) is 0 Å². The molecule has 7 heteroatoms. The number of hydrogen-bond donors (Lipinski definition) is 1. The zero-order valence-electron chi connectivity index (χ0n) is 14.5. The lowest BCUT2D eigenvalue weighted by atomic mass is 9.77. The van der Waals surface area contributed by atoms with Crippen LogP contribution in [0.25, 0.3) is 0 Å². The summed E-state index contributed by atoms with van der Waals surface area (Å²) in [6, 6.07) is 7.39.